The number of aromatic nitrogens is 4. The molecule has 2 aliphatic rings. The van der Waals surface area contributed by atoms with Crippen LogP contribution in [-0.2, 0) is 6.42 Å². The second kappa shape index (κ2) is 9.09. The van der Waals surface area contributed by atoms with Crippen molar-refractivity contribution in [3.05, 3.63) is 53.9 Å². The van der Waals surface area contributed by atoms with Crippen molar-refractivity contribution in [3.8, 4) is 0 Å². The van der Waals surface area contributed by atoms with Gasteiger partial charge in [0.05, 0.1) is 18.0 Å². The van der Waals surface area contributed by atoms with E-state index in [2.05, 4.69) is 18.9 Å². The molecule has 4 heterocycles. The fraction of sp³-hybridized carbons (Fsp3) is 0.560. The van der Waals surface area contributed by atoms with Gasteiger partial charge in [0.25, 0.3) is 6.43 Å². The molecule has 182 valence electrons. The summed E-state index contributed by atoms with van der Waals surface area (Å²) in [6.07, 6.45) is 9.40. The van der Waals surface area contributed by atoms with Crippen molar-refractivity contribution in [2.24, 2.45) is 11.8 Å². The minimum absolute atomic E-state index is 0.0592. The van der Waals surface area contributed by atoms with Gasteiger partial charge in [0.2, 0.25) is 17.7 Å². The third-order valence-corrected chi connectivity index (χ3v) is 7.57. The van der Waals surface area contributed by atoms with E-state index in [1.165, 1.54) is 6.20 Å². The minimum atomic E-state index is -2.63. The lowest BCUT2D eigenvalue weighted by Gasteiger charge is -2.37. The zero-order valence-electron chi connectivity index (χ0n) is 19.6. The van der Waals surface area contributed by atoms with Gasteiger partial charge < -0.3 is 14.6 Å². The Labute approximate surface area is 197 Å². The standard InChI is InChI=1S/C25H32F2N5O2/c1-16(2)17-3-5-19(6-4-17)29-11-18(22(15-29)25(26)27)9-24(34)23-10-28-32-8-7-20(12-31(23)32)30-13-21(33)14-30/h7-8,10-12,15-17,19,21,25,33H,3-6,9,13-14H2,1-2H3/q+1. The van der Waals surface area contributed by atoms with Gasteiger partial charge in [-0.1, -0.05) is 13.8 Å². The summed E-state index contributed by atoms with van der Waals surface area (Å²) in [6.45, 7) is 5.57. The van der Waals surface area contributed by atoms with Crippen molar-refractivity contribution in [2.75, 3.05) is 18.0 Å². The first kappa shape index (κ1) is 23.0. The Morgan fingerprint density at radius 3 is 2.59 bits per heavy atom. The first-order valence-electron chi connectivity index (χ1n) is 12.1. The molecule has 0 aromatic carbocycles. The van der Waals surface area contributed by atoms with Gasteiger partial charge >= 0.3 is 0 Å². The molecule has 7 nitrogen and oxygen atoms in total. The summed E-state index contributed by atoms with van der Waals surface area (Å²) in [4.78, 5) is 15.2. The van der Waals surface area contributed by atoms with E-state index in [1.54, 1.807) is 33.9 Å². The van der Waals surface area contributed by atoms with Crippen LogP contribution >= 0.6 is 0 Å². The van der Waals surface area contributed by atoms with Crippen LogP contribution in [0.25, 0.3) is 0 Å². The van der Waals surface area contributed by atoms with Crippen LogP contribution in [0.1, 0.15) is 73.6 Å². The highest BCUT2D eigenvalue weighted by atomic mass is 19.3. The number of nitrogens with zero attached hydrogens (tertiary/aromatic N) is 5. The molecular formula is C25H32F2N5O2+. The number of Topliss-reactive ketones (excluding diaryl/α,β-unsaturated/α-hetero) is 1. The first-order chi connectivity index (χ1) is 16.3. The van der Waals surface area contributed by atoms with Gasteiger partial charge in [-0.15, -0.1) is 4.52 Å². The smallest absolute Gasteiger partial charge is 0.265 e. The largest absolute Gasteiger partial charge is 0.389 e. The van der Waals surface area contributed by atoms with E-state index in [0.717, 1.165) is 31.4 Å². The van der Waals surface area contributed by atoms with E-state index >= 15 is 0 Å². The molecule has 0 atom stereocenters. The fourth-order valence-electron chi connectivity index (χ4n) is 5.36. The Bertz CT molecular complexity index is 1170. The van der Waals surface area contributed by atoms with Crippen LogP contribution < -0.4 is 9.42 Å². The number of anilines is 1. The third-order valence-electron chi connectivity index (χ3n) is 7.57. The van der Waals surface area contributed by atoms with Crippen molar-refractivity contribution in [1.82, 2.24) is 14.3 Å². The number of ketones is 1. The molecule has 0 unspecified atom stereocenters. The maximum Gasteiger partial charge on any atom is 0.265 e. The van der Waals surface area contributed by atoms with E-state index < -0.39 is 6.43 Å². The Morgan fingerprint density at radius 1 is 1.21 bits per heavy atom. The molecule has 1 saturated carbocycles. The maximum atomic E-state index is 13.9. The molecule has 0 amide bonds. The molecule has 9 heteroatoms. The molecule has 0 spiro atoms. The van der Waals surface area contributed by atoms with Crippen molar-refractivity contribution in [3.63, 3.8) is 0 Å². The Hall–Kier alpha value is -2.81. The average molecular weight is 473 g/mol. The lowest BCUT2D eigenvalue weighted by molar-refractivity contribution is -0.624. The van der Waals surface area contributed by atoms with Crippen LogP contribution in [0, 0.1) is 11.8 Å². The van der Waals surface area contributed by atoms with E-state index in [4.69, 9.17) is 0 Å². The monoisotopic (exact) mass is 472 g/mol. The lowest BCUT2D eigenvalue weighted by Crippen LogP contribution is -2.51. The second-order valence-corrected chi connectivity index (χ2v) is 10.1. The molecule has 0 bridgehead atoms. The summed E-state index contributed by atoms with van der Waals surface area (Å²) < 4.78 is 32.8. The lowest BCUT2D eigenvalue weighted by atomic mass is 9.79. The number of aliphatic hydroxyl groups is 1. The number of aliphatic hydroxyl groups excluding tert-OH is 1. The molecule has 5 rings (SSSR count). The Balaban J connectivity index is 1.36. The van der Waals surface area contributed by atoms with E-state index in [-0.39, 0.29) is 29.9 Å². The highest BCUT2D eigenvalue weighted by Gasteiger charge is 2.30. The molecule has 34 heavy (non-hydrogen) atoms. The molecule has 1 saturated heterocycles. The molecule has 1 aliphatic carbocycles. The Morgan fingerprint density at radius 2 is 1.94 bits per heavy atom. The van der Waals surface area contributed by atoms with Crippen molar-refractivity contribution in [1.29, 1.82) is 0 Å². The highest BCUT2D eigenvalue weighted by molar-refractivity contribution is 5.94. The van der Waals surface area contributed by atoms with E-state index in [9.17, 15) is 18.7 Å². The summed E-state index contributed by atoms with van der Waals surface area (Å²) in [5.74, 6) is 1.08. The predicted molar refractivity (Wildman–Crippen MR) is 122 cm³/mol. The van der Waals surface area contributed by atoms with Gasteiger partial charge in [-0.25, -0.2) is 8.78 Å². The quantitative estimate of drug-likeness (QED) is 0.421. The summed E-state index contributed by atoms with van der Waals surface area (Å²) in [5.41, 5.74) is 1.53. The van der Waals surface area contributed by atoms with Crippen LogP contribution in [-0.4, -0.2) is 44.4 Å². The van der Waals surface area contributed by atoms with Crippen LogP contribution in [0.2, 0.25) is 0 Å². The summed E-state index contributed by atoms with van der Waals surface area (Å²) in [7, 11) is 0. The second-order valence-electron chi connectivity index (χ2n) is 10.1. The zero-order chi connectivity index (χ0) is 24.0. The molecular weight excluding hydrogens is 440 g/mol. The number of fused-ring (bicyclic) bond motifs is 1. The SMILES string of the molecule is CC(C)C1CCC(n2cc(CC(=O)c3cnn4ccc(N5CC(O)C5)c[n+]34)c(C(F)F)c2)CC1. The number of carbonyl (C=O) groups excluding carboxylic acids is 1. The summed E-state index contributed by atoms with van der Waals surface area (Å²) >= 11 is 0. The van der Waals surface area contributed by atoms with Gasteiger partial charge in [0, 0.05) is 48.6 Å². The van der Waals surface area contributed by atoms with Gasteiger partial charge in [-0.3, -0.25) is 4.79 Å². The molecule has 1 N–H and O–H groups in total. The first-order valence-corrected chi connectivity index (χ1v) is 12.1. The molecule has 2 fully saturated rings. The molecule has 0 radical (unpaired) electrons. The van der Waals surface area contributed by atoms with Gasteiger partial charge in [-0.05, 0) is 53.8 Å². The Kier molecular flexibility index (Phi) is 6.14. The van der Waals surface area contributed by atoms with E-state index in [0.29, 0.717) is 36.2 Å². The fourth-order valence-corrected chi connectivity index (χ4v) is 5.36. The van der Waals surface area contributed by atoms with Crippen molar-refractivity contribution in [2.45, 2.75) is 64.5 Å². The van der Waals surface area contributed by atoms with Gasteiger partial charge in [-0.2, -0.15) is 0 Å². The normalized spacial score (nSPS) is 21.6. The average Bonchev–Trinajstić information content (AvgIpc) is 3.41. The van der Waals surface area contributed by atoms with Crippen LogP contribution in [0.4, 0.5) is 14.5 Å². The number of hydrogen-bond donors (Lipinski definition) is 1. The zero-order valence-corrected chi connectivity index (χ0v) is 19.6. The third kappa shape index (κ3) is 4.33. The number of hydrogen-bond acceptors (Lipinski definition) is 4. The summed E-state index contributed by atoms with van der Waals surface area (Å²) in [5, 5.41) is 13.8. The number of carbonyl (C=O) groups is 1. The van der Waals surface area contributed by atoms with Crippen LogP contribution in [0.3, 0.4) is 0 Å². The van der Waals surface area contributed by atoms with Crippen LogP contribution in [0.5, 0.6) is 0 Å². The van der Waals surface area contributed by atoms with Gasteiger partial charge in [0.1, 0.15) is 6.20 Å². The number of alkyl halides is 2. The molecule has 1 aliphatic heterocycles. The predicted octanol–water partition coefficient (Wildman–Crippen LogP) is 3.65. The molecule has 3 aromatic heterocycles. The van der Waals surface area contributed by atoms with Crippen molar-refractivity contribution >= 4 is 11.5 Å². The topological polar surface area (TPSA) is 66.9 Å². The van der Waals surface area contributed by atoms with Crippen molar-refractivity contribution < 1.29 is 23.2 Å². The summed E-state index contributed by atoms with van der Waals surface area (Å²) in [6, 6.07) is 2.08. The van der Waals surface area contributed by atoms with Gasteiger partial charge in [0.15, 0.2) is 0 Å². The molecule has 3 aromatic rings. The van der Waals surface area contributed by atoms with E-state index in [1.807, 2.05) is 15.5 Å². The van der Waals surface area contributed by atoms with Crippen LogP contribution in [0.15, 0.2) is 37.1 Å². The number of halogens is 2. The maximum absolute atomic E-state index is 13.9. The number of rotatable bonds is 7. The minimum Gasteiger partial charge on any atom is -0.389 e. The highest BCUT2D eigenvalue weighted by Crippen LogP contribution is 2.37. The number of β-amino-alcohol motifs (C(OH)–C–C–N with tert-alkyl or cyclic N) is 1.